The van der Waals surface area contributed by atoms with Gasteiger partial charge in [-0.05, 0) is 12.1 Å². The Morgan fingerprint density at radius 2 is 1.04 bits per heavy atom. The number of hydrogen-bond donors (Lipinski definition) is 6. The van der Waals surface area contributed by atoms with Crippen molar-refractivity contribution in [1.29, 1.82) is 0 Å². The first-order valence-electron chi connectivity index (χ1n) is 7.22. The number of thiol groups is 2. The largest absolute Gasteiger partial charge is 0.481 e. The Morgan fingerprint density at radius 1 is 0.769 bits per heavy atom. The van der Waals surface area contributed by atoms with Gasteiger partial charge < -0.3 is 20.4 Å². The average molecular weight is 406 g/mol. The minimum atomic E-state index is -1.23. The second kappa shape index (κ2) is 14.0. The molecule has 0 saturated heterocycles. The summed E-state index contributed by atoms with van der Waals surface area (Å²) in [6, 6.07) is 5.48. The lowest BCUT2D eigenvalue weighted by Crippen LogP contribution is -2.09. The van der Waals surface area contributed by atoms with Crippen LogP contribution in [0.1, 0.15) is 34.6 Å². The van der Waals surface area contributed by atoms with Gasteiger partial charge >= 0.3 is 23.9 Å². The highest BCUT2D eigenvalue weighted by Gasteiger charge is 2.13. The predicted octanol–water partition coefficient (Wildman–Crippen LogP) is 2.36. The van der Waals surface area contributed by atoms with E-state index in [0.717, 1.165) is 0 Å². The molecular formula is C16H22O8S2. The number of aliphatic carboxylic acids is 2. The van der Waals surface area contributed by atoms with Crippen molar-refractivity contribution in [3.8, 4) is 0 Å². The molecule has 0 aromatic heterocycles. The van der Waals surface area contributed by atoms with Crippen molar-refractivity contribution in [2.24, 2.45) is 11.8 Å². The summed E-state index contributed by atoms with van der Waals surface area (Å²) in [5.74, 6) is -3.83. The molecule has 10 heteroatoms. The molecule has 1 rings (SSSR count). The predicted molar refractivity (Wildman–Crippen MR) is 102 cm³/mol. The standard InChI is InChI=1S/C8H6O4.2C4H8O2S/c9-7(10)5-3-1-2-4-6(5)8(11)12;2*1-3(2-7)4(5)6/h1-4H,(H,9,10)(H,11,12);2*3,7H,2H2,1H3,(H,5,6). The topological polar surface area (TPSA) is 149 Å². The summed E-state index contributed by atoms with van der Waals surface area (Å²) in [6.45, 7) is 3.24. The van der Waals surface area contributed by atoms with Crippen LogP contribution in [0.15, 0.2) is 24.3 Å². The van der Waals surface area contributed by atoms with E-state index in [-0.39, 0.29) is 23.0 Å². The number of carbonyl (C=O) groups is 4. The highest BCUT2D eigenvalue weighted by atomic mass is 32.1. The molecule has 0 radical (unpaired) electrons. The molecule has 4 N–H and O–H groups in total. The van der Waals surface area contributed by atoms with Crippen molar-refractivity contribution in [3.63, 3.8) is 0 Å². The maximum Gasteiger partial charge on any atom is 0.336 e. The van der Waals surface area contributed by atoms with Gasteiger partial charge in [0, 0.05) is 11.5 Å². The first-order chi connectivity index (χ1) is 12.0. The first-order valence-corrected chi connectivity index (χ1v) is 8.48. The van der Waals surface area contributed by atoms with E-state index in [4.69, 9.17) is 20.4 Å². The number of carboxylic acid groups (broad SMARTS) is 4. The van der Waals surface area contributed by atoms with Gasteiger partial charge in [0.25, 0.3) is 0 Å². The highest BCUT2D eigenvalue weighted by Crippen LogP contribution is 2.07. The number of hydrogen-bond acceptors (Lipinski definition) is 6. The van der Waals surface area contributed by atoms with Gasteiger partial charge in [0.1, 0.15) is 0 Å². The quantitative estimate of drug-likeness (QED) is 0.394. The van der Waals surface area contributed by atoms with Gasteiger partial charge in [0.2, 0.25) is 0 Å². The zero-order valence-electron chi connectivity index (χ0n) is 14.2. The van der Waals surface area contributed by atoms with E-state index >= 15 is 0 Å². The molecule has 0 aliphatic carbocycles. The van der Waals surface area contributed by atoms with Crippen LogP contribution in [0.3, 0.4) is 0 Å². The zero-order chi connectivity index (χ0) is 20.9. The lowest BCUT2D eigenvalue weighted by molar-refractivity contribution is -0.141. The Balaban J connectivity index is 0. The fourth-order valence-electron chi connectivity index (χ4n) is 1.01. The maximum atomic E-state index is 10.5. The van der Waals surface area contributed by atoms with Gasteiger partial charge in [-0.1, -0.05) is 26.0 Å². The molecule has 0 amide bonds. The van der Waals surface area contributed by atoms with Crippen molar-refractivity contribution < 1.29 is 39.6 Å². The van der Waals surface area contributed by atoms with Crippen molar-refractivity contribution in [3.05, 3.63) is 35.4 Å². The number of rotatable bonds is 6. The second-order valence-corrected chi connectivity index (χ2v) is 5.73. The summed E-state index contributed by atoms with van der Waals surface area (Å²) in [6.07, 6.45) is 0. The van der Waals surface area contributed by atoms with Crippen LogP contribution in [0.2, 0.25) is 0 Å². The van der Waals surface area contributed by atoms with Crippen LogP contribution in [-0.2, 0) is 9.59 Å². The average Bonchev–Trinajstić information content (AvgIpc) is 2.60. The molecule has 1 aromatic rings. The van der Waals surface area contributed by atoms with Gasteiger partial charge in [0.15, 0.2) is 0 Å². The van der Waals surface area contributed by atoms with Crippen molar-refractivity contribution >= 4 is 49.1 Å². The minimum Gasteiger partial charge on any atom is -0.481 e. The molecule has 0 fully saturated rings. The fraction of sp³-hybridized carbons (Fsp3) is 0.375. The molecule has 146 valence electrons. The normalized spacial score (nSPS) is 11.5. The van der Waals surface area contributed by atoms with Crippen LogP contribution >= 0.6 is 25.3 Å². The van der Waals surface area contributed by atoms with Crippen molar-refractivity contribution in [2.45, 2.75) is 13.8 Å². The van der Waals surface area contributed by atoms with Crippen LogP contribution < -0.4 is 0 Å². The number of carboxylic acids is 4. The van der Waals surface area contributed by atoms with Gasteiger partial charge in [-0.25, -0.2) is 9.59 Å². The summed E-state index contributed by atoms with van der Waals surface area (Å²) < 4.78 is 0. The van der Waals surface area contributed by atoms with Crippen LogP contribution in [0.5, 0.6) is 0 Å². The smallest absolute Gasteiger partial charge is 0.336 e. The fourth-order valence-corrected chi connectivity index (χ4v) is 1.32. The van der Waals surface area contributed by atoms with Gasteiger partial charge in [0.05, 0.1) is 23.0 Å². The summed E-state index contributed by atoms with van der Waals surface area (Å²) in [5.41, 5.74) is -0.380. The van der Waals surface area contributed by atoms with E-state index in [1.54, 1.807) is 13.8 Å². The first kappa shape index (κ1) is 26.0. The Hall–Kier alpha value is -2.20. The highest BCUT2D eigenvalue weighted by molar-refractivity contribution is 7.80. The lowest BCUT2D eigenvalue weighted by atomic mass is 10.1. The number of aromatic carboxylic acids is 2. The van der Waals surface area contributed by atoms with Crippen molar-refractivity contribution in [1.82, 2.24) is 0 Å². The van der Waals surface area contributed by atoms with E-state index in [1.807, 2.05) is 0 Å². The van der Waals surface area contributed by atoms with Crippen LogP contribution in [0.4, 0.5) is 0 Å². The molecule has 2 unspecified atom stereocenters. The zero-order valence-corrected chi connectivity index (χ0v) is 16.0. The summed E-state index contributed by atoms with van der Waals surface area (Å²) in [5, 5.41) is 33.4. The molecule has 2 atom stereocenters. The number of benzene rings is 1. The van der Waals surface area contributed by atoms with E-state index in [2.05, 4.69) is 25.3 Å². The van der Waals surface area contributed by atoms with E-state index < -0.39 is 23.9 Å². The summed E-state index contributed by atoms with van der Waals surface area (Å²) in [4.78, 5) is 40.7. The molecule has 0 bridgehead atoms. The van der Waals surface area contributed by atoms with Crippen molar-refractivity contribution in [2.75, 3.05) is 11.5 Å². The molecule has 0 spiro atoms. The molecule has 26 heavy (non-hydrogen) atoms. The SMILES string of the molecule is CC(CS)C(=O)O.CC(CS)C(=O)O.O=C(O)c1ccccc1C(=O)O. The van der Waals surface area contributed by atoms with Gasteiger partial charge in [-0.3, -0.25) is 9.59 Å². The van der Waals surface area contributed by atoms with Crippen LogP contribution in [-0.4, -0.2) is 55.8 Å². The van der Waals surface area contributed by atoms with E-state index in [9.17, 15) is 19.2 Å². The summed E-state index contributed by atoms with van der Waals surface area (Å²) in [7, 11) is 0. The molecule has 0 aliphatic rings. The minimum absolute atomic E-state index is 0.190. The third kappa shape index (κ3) is 11.4. The Labute approximate surface area is 161 Å². The Bertz CT molecular complexity index is 565. The lowest BCUT2D eigenvalue weighted by Gasteiger charge is -1.98. The molecule has 0 aliphatic heterocycles. The monoisotopic (exact) mass is 406 g/mol. The third-order valence-corrected chi connectivity index (χ3v) is 3.87. The Morgan fingerprint density at radius 3 is 1.15 bits per heavy atom. The molecule has 8 nitrogen and oxygen atoms in total. The van der Waals surface area contributed by atoms with E-state index in [0.29, 0.717) is 11.5 Å². The Kier molecular flexibility index (Phi) is 14.0. The second-order valence-electron chi connectivity index (χ2n) is 5.00. The maximum absolute atomic E-state index is 10.5. The molecule has 0 saturated carbocycles. The summed E-state index contributed by atoms with van der Waals surface area (Å²) >= 11 is 7.55. The van der Waals surface area contributed by atoms with Crippen LogP contribution in [0.25, 0.3) is 0 Å². The third-order valence-electron chi connectivity index (χ3n) is 2.78. The molecular weight excluding hydrogens is 384 g/mol. The van der Waals surface area contributed by atoms with Crippen LogP contribution in [0, 0.1) is 11.8 Å². The van der Waals surface area contributed by atoms with Gasteiger partial charge in [-0.2, -0.15) is 25.3 Å². The molecule has 0 heterocycles. The van der Waals surface area contributed by atoms with Gasteiger partial charge in [-0.15, -0.1) is 0 Å². The molecule has 1 aromatic carbocycles. The van der Waals surface area contributed by atoms with E-state index in [1.165, 1.54) is 24.3 Å².